The van der Waals surface area contributed by atoms with Crippen LogP contribution in [0.4, 0.5) is 0 Å². The molecule has 27 heavy (non-hydrogen) atoms. The Labute approximate surface area is 162 Å². The van der Waals surface area contributed by atoms with E-state index >= 15 is 0 Å². The van der Waals surface area contributed by atoms with Gasteiger partial charge in [0.15, 0.2) is 17.5 Å². The van der Waals surface area contributed by atoms with Crippen molar-refractivity contribution in [2.75, 3.05) is 53.6 Å². The van der Waals surface area contributed by atoms with Gasteiger partial charge in [-0.1, -0.05) is 6.07 Å². The molecule has 0 bridgehead atoms. The number of guanidine groups is 1. The van der Waals surface area contributed by atoms with Crippen molar-refractivity contribution >= 4 is 5.96 Å². The van der Waals surface area contributed by atoms with Crippen molar-refractivity contribution in [3.05, 3.63) is 23.8 Å². The quantitative estimate of drug-likeness (QED) is 0.622. The Morgan fingerprint density at radius 2 is 2.07 bits per heavy atom. The molecule has 1 aromatic carbocycles. The molecule has 3 rings (SSSR count). The van der Waals surface area contributed by atoms with Crippen LogP contribution in [0.2, 0.25) is 0 Å². The lowest BCUT2D eigenvalue weighted by Crippen LogP contribution is -2.53. The molecule has 1 saturated heterocycles. The minimum Gasteiger partial charge on any atom is -0.486 e. The topological polar surface area (TPSA) is 58.6 Å². The maximum absolute atomic E-state index is 5.68. The molecule has 2 heterocycles. The normalized spacial score (nSPS) is 21.6. The number of benzene rings is 1. The van der Waals surface area contributed by atoms with Crippen LogP contribution >= 0.6 is 0 Å². The molecule has 0 spiro atoms. The van der Waals surface area contributed by atoms with Crippen LogP contribution in [0.15, 0.2) is 23.2 Å². The number of ether oxygens (including phenoxy) is 3. The maximum atomic E-state index is 5.68. The molecule has 2 atom stereocenters. The average molecular weight is 377 g/mol. The summed E-state index contributed by atoms with van der Waals surface area (Å²) < 4.78 is 16.8. The Kier molecular flexibility index (Phi) is 6.79. The molecule has 0 aliphatic carbocycles. The highest BCUT2D eigenvalue weighted by Gasteiger charge is 2.24. The summed E-state index contributed by atoms with van der Waals surface area (Å²) in [6.45, 7) is 9.89. The standard InChI is InChI=1S/C20H32N4O3/c1-15(24-7-8-25-14-16(24)2)12-22-20(21-3)23(4)13-17-5-6-18-19(11-17)27-10-9-26-18/h5-6,11,15-16H,7-10,12-14H2,1-4H3,(H,21,22). The van der Waals surface area contributed by atoms with E-state index in [9.17, 15) is 0 Å². The molecule has 2 aliphatic rings. The Morgan fingerprint density at radius 1 is 1.30 bits per heavy atom. The fraction of sp³-hybridized carbons (Fsp3) is 0.650. The Balaban J connectivity index is 1.54. The highest BCUT2D eigenvalue weighted by Crippen LogP contribution is 2.31. The summed E-state index contributed by atoms with van der Waals surface area (Å²) in [7, 11) is 3.87. The molecule has 0 amide bonds. The monoisotopic (exact) mass is 376 g/mol. The Morgan fingerprint density at radius 3 is 2.81 bits per heavy atom. The van der Waals surface area contributed by atoms with E-state index in [1.165, 1.54) is 5.56 Å². The van der Waals surface area contributed by atoms with Crippen LogP contribution in [-0.2, 0) is 11.3 Å². The van der Waals surface area contributed by atoms with Gasteiger partial charge in [0, 0.05) is 45.8 Å². The van der Waals surface area contributed by atoms with E-state index in [0.29, 0.717) is 25.3 Å². The molecule has 1 aromatic rings. The van der Waals surface area contributed by atoms with Crippen LogP contribution in [0, 0.1) is 0 Å². The van der Waals surface area contributed by atoms with Crippen molar-refractivity contribution in [3.63, 3.8) is 0 Å². The van der Waals surface area contributed by atoms with Crippen LogP contribution in [0.1, 0.15) is 19.4 Å². The van der Waals surface area contributed by atoms with Gasteiger partial charge in [0.2, 0.25) is 0 Å². The first-order chi connectivity index (χ1) is 13.1. The van der Waals surface area contributed by atoms with E-state index in [1.54, 1.807) is 0 Å². The fourth-order valence-electron chi connectivity index (χ4n) is 3.67. The van der Waals surface area contributed by atoms with Crippen molar-refractivity contribution in [1.82, 2.24) is 15.1 Å². The van der Waals surface area contributed by atoms with Gasteiger partial charge in [-0.15, -0.1) is 0 Å². The van der Waals surface area contributed by atoms with Gasteiger partial charge in [-0.3, -0.25) is 9.89 Å². The van der Waals surface area contributed by atoms with Crippen LogP contribution in [-0.4, -0.2) is 81.5 Å². The van der Waals surface area contributed by atoms with Gasteiger partial charge in [0.25, 0.3) is 0 Å². The first kappa shape index (κ1) is 19.8. The summed E-state index contributed by atoms with van der Waals surface area (Å²) in [5.74, 6) is 2.53. The van der Waals surface area contributed by atoms with Gasteiger partial charge in [0.05, 0.1) is 13.2 Å². The molecular weight excluding hydrogens is 344 g/mol. The third-order valence-electron chi connectivity index (χ3n) is 5.14. The molecule has 7 heteroatoms. The predicted octanol–water partition coefficient (Wildman–Crippen LogP) is 1.57. The lowest BCUT2D eigenvalue weighted by molar-refractivity contribution is -0.0175. The Hall–Kier alpha value is -1.99. The molecular formula is C20H32N4O3. The third-order valence-corrected chi connectivity index (χ3v) is 5.14. The number of rotatable bonds is 5. The highest BCUT2D eigenvalue weighted by molar-refractivity contribution is 5.79. The van der Waals surface area contributed by atoms with E-state index in [-0.39, 0.29) is 0 Å². The first-order valence-corrected chi connectivity index (χ1v) is 9.72. The number of fused-ring (bicyclic) bond motifs is 1. The molecule has 1 fully saturated rings. The second kappa shape index (κ2) is 9.28. The van der Waals surface area contributed by atoms with Crippen molar-refractivity contribution in [1.29, 1.82) is 0 Å². The fourth-order valence-corrected chi connectivity index (χ4v) is 3.67. The SMILES string of the molecule is CN=C(NCC(C)N1CCOCC1C)N(C)Cc1ccc2c(c1)OCCO2. The van der Waals surface area contributed by atoms with Crippen molar-refractivity contribution in [2.45, 2.75) is 32.5 Å². The van der Waals surface area contributed by atoms with Crippen LogP contribution in [0.5, 0.6) is 11.5 Å². The number of nitrogens with one attached hydrogen (secondary N) is 1. The smallest absolute Gasteiger partial charge is 0.193 e. The van der Waals surface area contributed by atoms with E-state index in [1.807, 2.05) is 20.2 Å². The molecule has 2 unspecified atom stereocenters. The minimum atomic E-state index is 0.420. The number of aliphatic imine (C=N–C) groups is 1. The summed E-state index contributed by atoms with van der Waals surface area (Å²) in [5.41, 5.74) is 1.17. The maximum Gasteiger partial charge on any atom is 0.193 e. The zero-order valence-electron chi connectivity index (χ0n) is 16.9. The zero-order valence-corrected chi connectivity index (χ0v) is 16.9. The van der Waals surface area contributed by atoms with Crippen LogP contribution in [0.3, 0.4) is 0 Å². The van der Waals surface area contributed by atoms with Crippen molar-refractivity contribution < 1.29 is 14.2 Å². The summed E-state index contributed by atoms with van der Waals surface area (Å²) in [5, 5.41) is 3.51. The van der Waals surface area contributed by atoms with Gasteiger partial charge < -0.3 is 24.4 Å². The largest absolute Gasteiger partial charge is 0.486 e. The van der Waals surface area contributed by atoms with Gasteiger partial charge in [-0.05, 0) is 31.5 Å². The summed E-state index contributed by atoms with van der Waals surface area (Å²) >= 11 is 0. The van der Waals surface area contributed by atoms with E-state index in [2.05, 4.69) is 46.1 Å². The molecule has 1 N–H and O–H groups in total. The number of hydrogen-bond donors (Lipinski definition) is 1. The molecule has 7 nitrogen and oxygen atoms in total. The lowest BCUT2D eigenvalue weighted by atomic mass is 10.2. The summed E-state index contributed by atoms with van der Waals surface area (Å²) in [4.78, 5) is 9.06. The zero-order chi connectivity index (χ0) is 19.2. The molecule has 0 saturated carbocycles. The molecule has 150 valence electrons. The molecule has 0 radical (unpaired) electrons. The van der Waals surface area contributed by atoms with Crippen LogP contribution < -0.4 is 14.8 Å². The second-order valence-corrected chi connectivity index (χ2v) is 7.27. The van der Waals surface area contributed by atoms with E-state index in [4.69, 9.17) is 14.2 Å². The van der Waals surface area contributed by atoms with E-state index in [0.717, 1.165) is 50.3 Å². The number of hydrogen-bond acceptors (Lipinski definition) is 5. The third kappa shape index (κ3) is 5.05. The lowest BCUT2D eigenvalue weighted by Gasteiger charge is -2.38. The van der Waals surface area contributed by atoms with Crippen LogP contribution in [0.25, 0.3) is 0 Å². The summed E-state index contributed by atoms with van der Waals surface area (Å²) in [6, 6.07) is 6.98. The van der Waals surface area contributed by atoms with Gasteiger partial charge in [0.1, 0.15) is 13.2 Å². The molecule has 0 aromatic heterocycles. The number of nitrogens with zero attached hydrogens (tertiary/aromatic N) is 3. The summed E-state index contributed by atoms with van der Waals surface area (Å²) in [6.07, 6.45) is 0. The number of morpholine rings is 1. The highest BCUT2D eigenvalue weighted by atomic mass is 16.6. The van der Waals surface area contributed by atoms with Crippen molar-refractivity contribution in [3.8, 4) is 11.5 Å². The first-order valence-electron chi connectivity index (χ1n) is 9.72. The van der Waals surface area contributed by atoms with Gasteiger partial charge >= 0.3 is 0 Å². The average Bonchev–Trinajstić information content (AvgIpc) is 2.68. The minimum absolute atomic E-state index is 0.420. The van der Waals surface area contributed by atoms with Gasteiger partial charge in [-0.25, -0.2) is 0 Å². The Bertz CT molecular complexity index is 652. The van der Waals surface area contributed by atoms with E-state index < -0.39 is 0 Å². The predicted molar refractivity (Wildman–Crippen MR) is 107 cm³/mol. The second-order valence-electron chi connectivity index (χ2n) is 7.27. The molecule has 2 aliphatic heterocycles. The van der Waals surface area contributed by atoms with Gasteiger partial charge in [-0.2, -0.15) is 0 Å². The van der Waals surface area contributed by atoms with Crippen molar-refractivity contribution in [2.24, 2.45) is 4.99 Å².